The Kier molecular flexibility index (Phi) is 4.45. The Morgan fingerprint density at radius 1 is 1.00 bits per heavy atom. The molecule has 0 N–H and O–H groups in total. The van der Waals surface area contributed by atoms with Gasteiger partial charge in [0, 0.05) is 11.6 Å². The van der Waals surface area contributed by atoms with Gasteiger partial charge < -0.3 is 4.74 Å². The van der Waals surface area contributed by atoms with E-state index in [1.54, 1.807) is 6.08 Å². The number of rotatable bonds is 3. The fourth-order valence-electron chi connectivity index (χ4n) is 3.92. The molecule has 2 aromatic heterocycles. The monoisotopic (exact) mass is 386 g/mol. The summed E-state index contributed by atoms with van der Waals surface area (Å²) in [5, 5.41) is 2.46. The van der Waals surface area contributed by atoms with Crippen LogP contribution in [0, 0.1) is 0 Å². The van der Waals surface area contributed by atoms with Crippen LogP contribution in [0.15, 0.2) is 55.3 Å². The molecule has 4 aromatic rings. The summed E-state index contributed by atoms with van der Waals surface area (Å²) in [6.45, 7) is 17.8. The molecule has 0 aliphatic rings. The number of ether oxygens (including phenoxy) is 1. The smallest absolute Gasteiger partial charge is 0.146 e. The number of pyridine rings is 1. The number of nitrogens with zero attached hydrogens (tertiary/aromatic N) is 2. The lowest BCUT2D eigenvalue weighted by Gasteiger charge is -2.25. The van der Waals surface area contributed by atoms with Crippen LogP contribution in [-0.4, -0.2) is 16.0 Å². The van der Waals surface area contributed by atoms with E-state index in [1.807, 2.05) is 12.1 Å². The quantitative estimate of drug-likeness (QED) is 0.362. The molecule has 2 heterocycles. The second-order valence-electron chi connectivity index (χ2n) is 9.83. The van der Waals surface area contributed by atoms with Crippen molar-refractivity contribution in [3.8, 4) is 5.75 Å². The summed E-state index contributed by atoms with van der Waals surface area (Å²) in [6, 6.07) is 12.9. The van der Waals surface area contributed by atoms with Crippen LogP contribution in [0.2, 0.25) is 0 Å². The van der Waals surface area contributed by atoms with E-state index in [0.717, 1.165) is 22.4 Å². The molecule has 0 unspecified atom stereocenters. The highest BCUT2D eigenvalue weighted by molar-refractivity contribution is 6.01. The van der Waals surface area contributed by atoms with Crippen LogP contribution >= 0.6 is 0 Å². The Morgan fingerprint density at radius 3 is 2.41 bits per heavy atom. The Hall–Kier alpha value is -2.81. The lowest BCUT2D eigenvalue weighted by molar-refractivity contribution is 0.366. The second-order valence-corrected chi connectivity index (χ2v) is 9.83. The predicted octanol–water partition coefficient (Wildman–Crippen LogP) is 6.80. The van der Waals surface area contributed by atoms with Gasteiger partial charge in [0.15, 0.2) is 0 Å². The van der Waals surface area contributed by atoms with Crippen molar-refractivity contribution in [1.82, 2.24) is 9.38 Å². The Labute approximate surface area is 173 Å². The maximum absolute atomic E-state index is 5.96. The predicted molar refractivity (Wildman–Crippen MR) is 123 cm³/mol. The number of fused-ring (bicyclic) bond motifs is 5. The van der Waals surface area contributed by atoms with Gasteiger partial charge in [0.1, 0.15) is 23.5 Å². The lowest BCUT2D eigenvalue weighted by Crippen LogP contribution is -2.15. The first kappa shape index (κ1) is 19.5. The molecule has 0 saturated heterocycles. The van der Waals surface area contributed by atoms with E-state index in [9.17, 15) is 0 Å². The molecule has 0 atom stereocenters. The molecule has 0 amide bonds. The highest BCUT2D eigenvalue weighted by Crippen LogP contribution is 2.37. The SMILES string of the molecule is C=CCOc1cccc2nc3c4ccc(C(C)(C)C)cc4c(C(C)(C)C)cn3c12. The molecule has 0 spiro atoms. The van der Waals surface area contributed by atoms with E-state index in [1.165, 1.54) is 21.9 Å². The highest BCUT2D eigenvalue weighted by atomic mass is 16.5. The minimum Gasteiger partial charge on any atom is -0.487 e. The summed E-state index contributed by atoms with van der Waals surface area (Å²) in [5.74, 6) is 0.834. The zero-order valence-electron chi connectivity index (χ0n) is 18.3. The van der Waals surface area contributed by atoms with Gasteiger partial charge in [-0.3, -0.25) is 4.40 Å². The number of hydrogen-bond acceptors (Lipinski definition) is 2. The third-order valence-corrected chi connectivity index (χ3v) is 5.51. The number of imidazole rings is 1. The van der Waals surface area contributed by atoms with Gasteiger partial charge >= 0.3 is 0 Å². The highest BCUT2D eigenvalue weighted by Gasteiger charge is 2.23. The summed E-state index contributed by atoms with van der Waals surface area (Å²) in [5.41, 5.74) is 5.67. The van der Waals surface area contributed by atoms with Crippen molar-refractivity contribution in [2.24, 2.45) is 0 Å². The van der Waals surface area contributed by atoms with Crippen LogP contribution in [0.25, 0.3) is 27.5 Å². The second kappa shape index (κ2) is 6.62. The number of para-hydroxylation sites is 1. The summed E-state index contributed by atoms with van der Waals surface area (Å²) in [4.78, 5) is 4.98. The molecular weight excluding hydrogens is 356 g/mol. The molecule has 29 heavy (non-hydrogen) atoms. The molecular formula is C26H30N2O. The van der Waals surface area contributed by atoms with Crippen molar-refractivity contribution >= 4 is 27.5 Å². The van der Waals surface area contributed by atoms with E-state index in [2.05, 4.69) is 83.0 Å². The normalized spacial score (nSPS) is 12.8. The molecule has 0 aliphatic heterocycles. The third-order valence-electron chi connectivity index (χ3n) is 5.51. The molecule has 0 fully saturated rings. The molecule has 150 valence electrons. The summed E-state index contributed by atoms with van der Waals surface area (Å²) < 4.78 is 8.16. The zero-order valence-corrected chi connectivity index (χ0v) is 18.3. The van der Waals surface area contributed by atoms with Crippen LogP contribution in [0.1, 0.15) is 52.7 Å². The molecule has 4 rings (SSSR count). The van der Waals surface area contributed by atoms with Crippen molar-refractivity contribution < 1.29 is 4.74 Å². The van der Waals surface area contributed by atoms with Gasteiger partial charge in [0.05, 0.1) is 5.52 Å². The van der Waals surface area contributed by atoms with E-state index in [4.69, 9.17) is 9.72 Å². The van der Waals surface area contributed by atoms with Gasteiger partial charge in [-0.25, -0.2) is 4.98 Å². The Bertz CT molecular complexity index is 1230. The van der Waals surface area contributed by atoms with E-state index < -0.39 is 0 Å². The number of hydrogen-bond donors (Lipinski definition) is 0. The van der Waals surface area contributed by atoms with E-state index in [-0.39, 0.29) is 10.8 Å². The van der Waals surface area contributed by atoms with Crippen LogP contribution in [0.3, 0.4) is 0 Å². The number of aromatic nitrogens is 2. The molecule has 2 aromatic carbocycles. The van der Waals surface area contributed by atoms with Crippen LogP contribution in [0.5, 0.6) is 5.75 Å². The van der Waals surface area contributed by atoms with Gasteiger partial charge in [-0.1, -0.05) is 78.5 Å². The van der Waals surface area contributed by atoms with Crippen molar-refractivity contribution in [3.63, 3.8) is 0 Å². The topological polar surface area (TPSA) is 26.5 Å². The molecule has 0 aliphatic carbocycles. The van der Waals surface area contributed by atoms with Crippen molar-refractivity contribution in [2.45, 2.75) is 52.4 Å². The van der Waals surface area contributed by atoms with E-state index in [0.29, 0.717) is 6.61 Å². The first-order valence-electron chi connectivity index (χ1n) is 10.2. The largest absolute Gasteiger partial charge is 0.487 e. The molecule has 0 radical (unpaired) electrons. The maximum Gasteiger partial charge on any atom is 0.146 e. The van der Waals surface area contributed by atoms with Crippen molar-refractivity contribution in [3.05, 3.63) is 66.4 Å². The van der Waals surface area contributed by atoms with Gasteiger partial charge in [-0.2, -0.15) is 0 Å². The van der Waals surface area contributed by atoms with Gasteiger partial charge in [0.2, 0.25) is 0 Å². The Balaban J connectivity index is 2.15. The standard InChI is InChI=1S/C26H30N2O/c1-8-14-29-22-11-9-10-21-23(22)28-16-20(26(5,6)7)19-15-17(25(2,3)4)12-13-18(19)24(28)27-21/h8-13,15-16H,1,14H2,2-7H3. The molecule has 0 bridgehead atoms. The zero-order chi connectivity index (χ0) is 21.0. The maximum atomic E-state index is 5.96. The summed E-state index contributed by atoms with van der Waals surface area (Å²) in [7, 11) is 0. The first-order chi connectivity index (χ1) is 13.6. The minimum absolute atomic E-state index is 0.00351. The fourth-order valence-corrected chi connectivity index (χ4v) is 3.92. The van der Waals surface area contributed by atoms with Gasteiger partial charge in [-0.15, -0.1) is 0 Å². The summed E-state index contributed by atoms with van der Waals surface area (Å²) in [6.07, 6.45) is 4.02. The third kappa shape index (κ3) is 3.29. The minimum atomic E-state index is -0.00351. The fraction of sp³-hybridized carbons (Fsp3) is 0.346. The first-order valence-corrected chi connectivity index (χ1v) is 10.2. The number of benzene rings is 2. The average molecular weight is 387 g/mol. The summed E-state index contributed by atoms with van der Waals surface area (Å²) >= 11 is 0. The van der Waals surface area contributed by atoms with Crippen LogP contribution in [0.4, 0.5) is 0 Å². The average Bonchev–Trinajstić information content (AvgIpc) is 3.03. The van der Waals surface area contributed by atoms with Crippen molar-refractivity contribution in [1.29, 1.82) is 0 Å². The van der Waals surface area contributed by atoms with E-state index >= 15 is 0 Å². The van der Waals surface area contributed by atoms with Crippen molar-refractivity contribution in [2.75, 3.05) is 6.61 Å². The Morgan fingerprint density at radius 2 is 1.76 bits per heavy atom. The van der Waals surface area contributed by atoms with Gasteiger partial charge in [-0.05, 0) is 39.5 Å². The molecule has 0 saturated carbocycles. The van der Waals surface area contributed by atoms with Crippen LogP contribution < -0.4 is 4.74 Å². The molecule has 3 heteroatoms. The van der Waals surface area contributed by atoms with Crippen LogP contribution in [-0.2, 0) is 10.8 Å². The van der Waals surface area contributed by atoms with Gasteiger partial charge in [0.25, 0.3) is 0 Å². The lowest BCUT2D eigenvalue weighted by atomic mass is 9.81. The molecule has 3 nitrogen and oxygen atoms in total.